The second-order valence-electron chi connectivity index (χ2n) is 10.5. The van der Waals surface area contributed by atoms with Crippen LogP contribution in [0, 0.1) is 16.7 Å². The Bertz CT molecular complexity index is 788. The van der Waals surface area contributed by atoms with Gasteiger partial charge in [-0.2, -0.15) is 0 Å². The third kappa shape index (κ3) is 3.60. The molecule has 0 aromatic rings. The van der Waals surface area contributed by atoms with Crippen molar-refractivity contribution < 1.29 is 19.1 Å². The number of ketones is 2. The Balaban J connectivity index is 1.70. The molecule has 2 aliphatic heterocycles. The molecule has 0 unspecified atom stereocenters. The zero-order valence-electron chi connectivity index (χ0n) is 19.5. The van der Waals surface area contributed by atoms with Gasteiger partial charge in [0.25, 0.3) is 0 Å². The summed E-state index contributed by atoms with van der Waals surface area (Å²) in [4.78, 5) is 41.9. The van der Waals surface area contributed by atoms with Gasteiger partial charge in [0.15, 0.2) is 5.78 Å². The highest BCUT2D eigenvalue weighted by atomic mass is 16.5. The van der Waals surface area contributed by atoms with E-state index in [-0.39, 0.29) is 41.3 Å². The van der Waals surface area contributed by atoms with Gasteiger partial charge in [0.05, 0.1) is 24.2 Å². The Kier molecular flexibility index (Phi) is 5.93. The summed E-state index contributed by atoms with van der Waals surface area (Å²) in [6.45, 7) is 4.10. The lowest BCUT2D eigenvalue weighted by Gasteiger charge is -2.32. The van der Waals surface area contributed by atoms with E-state index < -0.39 is 17.1 Å². The average molecular weight is 431 g/mol. The first kappa shape index (κ1) is 22.7. The second-order valence-corrected chi connectivity index (χ2v) is 10.5. The minimum atomic E-state index is -0.576. The maximum absolute atomic E-state index is 13.8. The molecular formula is C25H38N2O4. The van der Waals surface area contributed by atoms with Crippen LogP contribution >= 0.6 is 0 Å². The predicted octanol–water partition coefficient (Wildman–Crippen LogP) is 3.05. The van der Waals surface area contributed by atoms with Crippen LogP contribution in [0.3, 0.4) is 0 Å². The van der Waals surface area contributed by atoms with Crippen LogP contribution < -0.4 is 5.32 Å². The van der Waals surface area contributed by atoms with E-state index in [0.717, 1.165) is 51.4 Å². The van der Waals surface area contributed by atoms with Crippen LogP contribution in [0.4, 0.5) is 0 Å². The molecule has 0 bridgehead atoms. The first-order chi connectivity index (χ1) is 14.7. The predicted molar refractivity (Wildman–Crippen MR) is 118 cm³/mol. The number of methoxy groups -OCH3 is 1. The third-order valence-corrected chi connectivity index (χ3v) is 8.89. The van der Waals surface area contributed by atoms with E-state index in [1.165, 1.54) is 0 Å². The van der Waals surface area contributed by atoms with Gasteiger partial charge >= 0.3 is 0 Å². The first-order valence-electron chi connectivity index (χ1n) is 12.0. The van der Waals surface area contributed by atoms with Crippen molar-refractivity contribution in [3.63, 3.8) is 0 Å². The van der Waals surface area contributed by atoms with Crippen LogP contribution in [0.25, 0.3) is 0 Å². The number of Topliss-reactive ketones (excluding diaryl/α,β-unsaturated/α-hetero) is 2. The number of hydrogen-bond acceptors (Lipinski definition) is 5. The van der Waals surface area contributed by atoms with Gasteiger partial charge < -0.3 is 15.0 Å². The Morgan fingerprint density at radius 1 is 1.23 bits per heavy atom. The van der Waals surface area contributed by atoms with Gasteiger partial charge in [-0.3, -0.25) is 14.4 Å². The molecule has 1 N–H and O–H groups in total. The molecule has 3 fully saturated rings. The number of nitrogens with zero attached hydrogens (tertiary/aromatic N) is 1. The van der Waals surface area contributed by atoms with Crippen molar-refractivity contribution in [1.29, 1.82) is 0 Å². The summed E-state index contributed by atoms with van der Waals surface area (Å²) in [6.07, 6.45) is 12.0. The van der Waals surface area contributed by atoms with Crippen molar-refractivity contribution in [2.45, 2.75) is 89.3 Å². The monoisotopic (exact) mass is 430 g/mol. The van der Waals surface area contributed by atoms with Gasteiger partial charge in [-0.05, 0) is 65.3 Å². The highest BCUT2D eigenvalue weighted by Crippen LogP contribution is 2.65. The topological polar surface area (TPSA) is 75.7 Å². The molecule has 0 radical (unpaired) electrons. The normalized spacial score (nSPS) is 41.2. The number of fused-ring (bicyclic) bond motifs is 3. The summed E-state index contributed by atoms with van der Waals surface area (Å²) in [5, 5.41) is 3.20. The van der Waals surface area contributed by atoms with Crippen molar-refractivity contribution >= 4 is 17.5 Å². The number of hydrogen-bond donors (Lipinski definition) is 1. The van der Waals surface area contributed by atoms with E-state index >= 15 is 0 Å². The fourth-order valence-electron chi connectivity index (χ4n) is 6.42. The second kappa shape index (κ2) is 8.11. The van der Waals surface area contributed by atoms with Crippen molar-refractivity contribution in [1.82, 2.24) is 10.2 Å². The van der Waals surface area contributed by atoms with E-state index in [0.29, 0.717) is 6.54 Å². The number of likely N-dealkylation sites (N-methyl/N-ethyl adjacent to an activating group) is 1. The zero-order valence-corrected chi connectivity index (χ0v) is 19.5. The van der Waals surface area contributed by atoms with Gasteiger partial charge in [-0.1, -0.05) is 25.0 Å². The van der Waals surface area contributed by atoms with E-state index in [1.54, 1.807) is 18.9 Å². The average Bonchev–Trinajstić information content (AvgIpc) is 3.63. The summed E-state index contributed by atoms with van der Waals surface area (Å²) >= 11 is 0. The van der Waals surface area contributed by atoms with E-state index in [4.69, 9.17) is 4.74 Å². The zero-order chi connectivity index (χ0) is 22.4. The third-order valence-electron chi connectivity index (χ3n) is 8.89. The van der Waals surface area contributed by atoms with Crippen molar-refractivity contribution in [2.24, 2.45) is 16.7 Å². The molecule has 31 heavy (non-hydrogen) atoms. The number of carbonyl (C=O) groups is 3. The molecule has 5 atom stereocenters. The molecule has 2 aliphatic carbocycles. The molecular weight excluding hydrogens is 392 g/mol. The molecule has 4 aliphatic rings. The number of ether oxygens (including phenoxy) is 1. The molecule has 172 valence electrons. The van der Waals surface area contributed by atoms with Crippen LogP contribution in [0.1, 0.15) is 71.6 Å². The number of allylic oxidation sites excluding steroid dienone is 2. The number of nitrogens with one attached hydrogen (secondary N) is 1. The largest absolute Gasteiger partial charge is 0.376 e. The van der Waals surface area contributed by atoms with Crippen LogP contribution in [0.15, 0.2) is 12.2 Å². The Labute approximate surface area is 186 Å². The summed E-state index contributed by atoms with van der Waals surface area (Å²) in [7, 11) is 3.52. The Morgan fingerprint density at radius 3 is 2.58 bits per heavy atom. The van der Waals surface area contributed by atoms with E-state index in [2.05, 4.69) is 17.5 Å². The molecule has 2 heterocycles. The molecule has 1 spiro atoms. The summed E-state index contributed by atoms with van der Waals surface area (Å²) < 4.78 is 5.95. The molecule has 6 nitrogen and oxygen atoms in total. The van der Waals surface area contributed by atoms with Gasteiger partial charge in [0.1, 0.15) is 5.78 Å². The molecule has 4 rings (SSSR count). The Hall–Kier alpha value is -1.53. The summed E-state index contributed by atoms with van der Waals surface area (Å²) in [5.74, 6) is 0.300. The van der Waals surface area contributed by atoms with Crippen LogP contribution in [0.2, 0.25) is 0 Å². The minimum Gasteiger partial charge on any atom is -0.376 e. The molecule has 0 aromatic heterocycles. The van der Waals surface area contributed by atoms with Crippen LogP contribution in [0.5, 0.6) is 0 Å². The fraction of sp³-hybridized carbons (Fsp3) is 0.800. The number of rotatable bonds is 3. The van der Waals surface area contributed by atoms with Gasteiger partial charge in [0, 0.05) is 24.4 Å². The van der Waals surface area contributed by atoms with Crippen LogP contribution in [-0.2, 0) is 19.1 Å². The maximum atomic E-state index is 13.8. The number of amides is 1. The lowest BCUT2D eigenvalue weighted by molar-refractivity contribution is -0.141. The molecule has 1 saturated heterocycles. The smallest absolute Gasteiger partial charge is 0.240 e. The van der Waals surface area contributed by atoms with Crippen molar-refractivity contribution in [2.75, 3.05) is 20.7 Å². The molecule has 6 heteroatoms. The quantitative estimate of drug-likeness (QED) is 0.697. The summed E-state index contributed by atoms with van der Waals surface area (Å²) in [6, 6.07) is -0.784. The first-order valence-corrected chi connectivity index (χ1v) is 12.0. The fourth-order valence-corrected chi connectivity index (χ4v) is 6.42. The van der Waals surface area contributed by atoms with Crippen LogP contribution in [-0.4, -0.2) is 60.8 Å². The lowest BCUT2D eigenvalue weighted by Crippen LogP contribution is -2.51. The SMILES string of the molecule is CN[C@H]1CCCCC/C=C\[C@@H]2C[C@@]2(C(C)=O)CC(=O)[C@H]2N(C[C@](C)(OC)C23CC3)C1=O. The van der Waals surface area contributed by atoms with E-state index in [9.17, 15) is 14.4 Å². The van der Waals surface area contributed by atoms with Crippen molar-refractivity contribution in [3.8, 4) is 0 Å². The minimum absolute atomic E-state index is 0.00474. The highest BCUT2D eigenvalue weighted by molar-refractivity contribution is 5.98. The lowest BCUT2D eigenvalue weighted by atomic mass is 9.79. The van der Waals surface area contributed by atoms with Gasteiger partial charge in [0.2, 0.25) is 5.91 Å². The summed E-state index contributed by atoms with van der Waals surface area (Å²) in [5.41, 5.74) is -1.43. The Morgan fingerprint density at radius 2 is 1.97 bits per heavy atom. The van der Waals surface area contributed by atoms with Crippen molar-refractivity contribution in [3.05, 3.63) is 12.2 Å². The molecule has 2 saturated carbocycles. The maximum Gasteiger partial charge on any atom is 0.240 e. The standard InChI is InChI=1S/C25H38N2O4/c1-17(28)24-14-18(24)10-8-6-5-7-9-11-19(26-3)22(30)27-16-23(2,31-4)25(12-13-25)21(27)20(29)15-24/h8,10,18-19,21,26H,5-7,9,11-16H2,1-4H3/b10-8-/t18-,19+,21-,23+,24+/m1/s1. The number of carbonyl (C=O) groups excluding carboxylic acids is 3. The molecule has 1 amide bonds. The van der Waals surface area contributed by atoms with Gasteiger partial charge in [-0.25, -0.2) is 0 Å². The molecule has 0 aromatic carbocycles. The van der Waals surface area contributed by atoms with E-state index in [1.807, 2.05) is 14.0 Å². The van der Waals surface area contributed by atoms with Gasteiger partial charge in [-0.15, -0.1) is 0 Å². The highest BCUT2D eigenvalue weighted by Gasteiger charge is 2.72.